The van der Waals surface area contributed by atoms with Gasteiger partial charge < -0.3 is 5.32 Å². The Balaban J connectivity index is 2.06. The highest BCUT2D eigenvalue weighted by molar-refractivity contribution is 6.04. The third-order valence-electron chi connectivity index (χ3n) is 3.22. The lowest BCUT2D eigenvalue weighted by molar-refractivity contribution is -0.129. The van der Waals surface area contributed by atoms with Crippen LogP contribution < -0.4 is 5.32 Å². The molecule has 1 heterocycles. The van der Waals surface area contributed by atoms with Crippen LogP contribution in [0.3, 0.4) is 0 Å². The molecule has 1 atom stereocenters. The zero-order valence-electron chi connectivity index (χ0n) is 12.2. The van der Waals surface area contributed by atoms with E-state index >= 15 is 0 Å². The fraction of sp³-hybridized carbons (Fsp3) is 0.467. The minimum Gasteiger partial charge on any atom is -0.322 e. The van der Waals surface area contributed by atoms with E-state index in [4.69, 9.17) is 0 Å². The first-order chi connectivity index (χ1) is 9.49. The molecule has 1 unspecified atom stereocenters. The van der Waals surface area contributed by atoms with Crippen molar-refractivity contribution in [3.05, 3.63) is 35.9 Å². The predicted molar refractivity (Wildman–Crippen MR) is 76.9 cm³/mol. The SMILES string of the molecule is CC(C)CN(C)CN1C(=O)NC(c2ccccc2)C1=O. The molecule has 0 aliphatic carbocycles. The normalized spacial score (nSPS) is 19.1. The van der Waals surface area contributed by atoms with E-state index in [0.717, 1.165) is 12.1 Å². The summed E-state index contributed by atoms with van der Waals surface area (Å²) in [6, 6.07) is 8.44. The number of urea groups is 1. The highest BCUT2D eigenvalue weighted by Crippen LogP contribution is 2.21. The Morgan fingerprint density at radius 1 is 1.25 bits per heavy atom. The second kappa shape index (κ2) is 6.05. The summed E-state index contributed by atoms with van der Waals surface area (Å²) < 4.78 is 0. The fourth-order valence-corrected chi connectivity index (χ4v) is 2.45. The molecule has 1 N–H and O–H groups in total. The van der Waals surface area contributed by atoms with Gasteiger partial charge in [-0.3, -0.25) is 9.69 Å². The minimum absolute atomic E-state index is 0.184. The van der Waals surface area contributed by atoms with Crippen LogP contribution in [0.2, 0.25) is 0 Å². The number of carbonyl (C=O) groups excluding carboxylic acids is 2. The predicted octanol–water partition coefficient (Wildman–Crippen LogP) is 1.82. The summed E-state index contributed by atoms with van der Waals surface area (Å²) in [5.74, 6) is 0.308. The van der Waals surface area contributed by atoms with Crippen LogP contribution in [0.15, 0.2) is 30.3 Å². The highest BCUT2D eigenvalue weighted by Gasteiger charge is 2.39. The lowest BCUT2D eigenvalue weighted by Gasteiger charge is -2.23. The Bertz CT molecular complexity index is 487. The van der Waals surface area contributed by atoms with Crippen molar-refractivity contribution in [2.75, 3.05) is 20.3 Å². The summed E-state index contributed by atoms with van der Waals surface area (Å²) in [6.07, 6.45) is 0. The second-order valence-corrected chi connectivity index (χ2v) is 5.63. The van der Waals surface area contributed by atoms with E-state index in [9.17, 15) is 9.59 Å². The molecule has 1 aliphatic rings. The van der Waals surface area contributed by atoms with Crippen LogP contribution in [0.1, 0.15) is 25.5 Å². The van der Waals surface area contributed by atoms with Gasteiger partial charge in [0.1, 0.15) is 6.04 Å². The van der Waals surface area contributed by atoms with Crippen LogP contribution in [0.4, 0.5) is 4.79 Å². The molecular weight excluding hydrogens is 254 g/mol. The van der Waals surface area contributed by atoms with Crippen LogP contribution in [-0.4, -0.2) is 42.0 Å². The van der Waals surface area contributed by atoms with Gasteiger partial charge in [0.2, 0.25) is 0 Å². The van der Waals surface area contributed by atoms with Gasteiger partial charge in [0.15, 0.2) is 0 Å². The lowest BCUT2D eigenvalue weighted by Crippen LogP contribution is -2.41. The van der Waals surface area contributed by atoms with Gasteiger partial charge >= 0.3 is 6.03 Å². The molecule has 2 rings (SSSR count). The molecule has 1 saturated heterocycles. The van der Waals surface area contributed by atoms with Crippen molar-refractivity contribution in [1.29, 1.82) is 0 Å². The van der Waals surface area contributed by atoms with Gasteiger partial charge in [-0.15, -0.1) is 0 Å². The van der Waals surface area contributed by atoms with E-state index in [2.05, 4.69) is 19.2 Å². The summed E-state index contributed by atoms with van der Waals surface area (Å²) in [4.78, 5) is 27.6. The largest absolute Gasteiger partial charge is 0.326 e. The molecule has 1 aromatic rings. The Hall–Kier alpha value is -1.88. The molecular formula is C15H21N3O2. The van der Waals surface area contributed by atoms with Crippen molar-refractivity contribution in [3.63, 3.8) is 0 Å². The van der Waals surface area contributed by atoms with E-state index in [1.807, 2.05) is 42.3 Å². The third-order valence-corrected chi connectivity index (χ3v) is 3.22. The number of amides is 3. The zero-order chi connectivity index (χ0) is 14.7. The molecule has 3 amide bonds. The average molecular weight is 275 g/mol. The monoisotopic (exact) mass is 275 g/mol. The van der Waals surface area contributed by atoms with E-state index < -0.39 is 6.04 Å². The quantitative estimate of drug-likeness (QED) is 0.834. The first-order valence-electron chi connectivity index (χ1n) is 6.84. The maximum absolute atomic E-state index is 12.4. The molecule has 0 saturated carbocycles. The van der Waals surface area contributed by atoms with E-state index in [0.29, 0.717) is 12.6 Å². The van der Waals surface area contributed by atoms with Crippen molar-refractivity contribution < 1.29 is 9.59 Å². The average Bonchev–Trinajstić information content (AvgIpc) is 2.67. The summed E-state index contributed by atoms with van der Waals surface area (Å²) in [6.45, 7) is 5.38. The van der Waals surface area contributed by atoms with Crippen molar-refractivity contribution in [2.45, 2.75) is 19.9 Å². The van der Waals surface area contributed by atoms with Crippen LogP contribution in [0.5, 0.6) is 0 Å². The first-order valence-corrected chi connectivity index (χ1v) is 6.84. The number of benzene rings is 1. The maximum Gasteiger partial charge on any atom is 0.326 e. The molecule has 1 aliphatic heterocycles. The number of hydrogen-bond acceptors (Lipinski definition) is 3. The summed E-state index contributed by atoms with van der Waals surface area (Å²) in [5, 5.41) is 2.74. The minimum atomic E-state index is -0.559. The van der Waals surface area contributed by atoms with Crippen LogP contribution in [-0.2, 0) is 4.79 Å². The van der Waals surface area contributed by atoms with E-state index in [1.54, 1.807) is 0 Å². The molecule has 108 valence electrons. The molecule has 0 spiro atoms. The van der Waals surface area contributed by atoms with Gasteiger partial charge in [-0.2, -0.15) is 0 Å². The Morgan fingerprint density at radius 3 is 2.50 bits per heavy atom. The van der Waals surface area contributed by atoms with Gasteiger partial charge in [-0.25, -0.2) is 9.69 Å². The Morgan fingerprint density at radius 2 is 1.90 bits per heavy atom. The van der Waals surface area contributed by atoms with Crippen molar-refractivity contribution in [3.8, 4) is 0 Å². The number of imide groups is 1. The first kappa shape index (κ1) is 14.5. The number of carbonyl (C=O) groups is 2. The molecule has 1 fully saturated rings. The van der Waals surface area contributed by atoms with Crippen molar-refractivity contribution >= 4 is 11.9 Å². The van der Waals surface area contributed by atoms with Gasteiger partial charge in [-0.1, -0.05) is 44.2 Å². The van der Waals surface area contributed by atoms with Gasteiger partial charge in [-0.05, 0) is 18.5 Å². The Labute approximate surface area is 119 Å². The zero-order valence-corrected chi connectivity index (χ0v) is 12.2. The lowest BCUT2D eigenvalue weighted by atomic mass is 10.1. The standard InChI is InChI=1S/C15H21N3O2/c1-11(2)9-17(3)10-18-14(19)13(16-15(18)20)12-7-5-4-6-8-12/h4-8,11,13H,9-10H2,1-3H3,(H,16,20). The van der Waals surface area contributed by atoms with Crippen LogP contribution in [0, 0.1) is 5.92 Å². The van der Waals surface area contributed by atoms with Crippen LogP contribution in [0.25, 0.3) is 0 Å². The topological polar surface area (TPSA) is 52.6 Å². The molecule has 1 aromatic carbocycles. The van der Waals surface area contributed by atoms with E-state index in [1.165, 1.54) is 4.90 Å². The molecule has 5 heteroatoms. The van der Waals surface area contributed by atoms with Crippen molar-refractivity contribution in [2.24, 2.45) is 5.92 Å². The van der Waals surface area contributed by atoms with Gasteiger partial charge in [0.25, 0.3) is 5.91 Å². The van der Waals surface area contributed by atoms with Gasteiger partial charge in [0, 0.05) is 6.54 Å². The fourth-order valence-electron chi connectivity index (χ4n) is 2.45. The number of hydrogen-bond donors (Lipinski definition) is 1. The number of nitrogens with zero attached hydrogens (tertiary/aromatic N) is 2. The van der Waals surface area contributed by atoms with Crippen molar-refractivity contribution in [1.82, 2.24) is 15.1 Å². The molecule has 20 heavy (non-hydrogen) atoms. The summed E-state index contributed by atoms with van der Waals surface area (Å²) in [7, 11) is 1.91. The van der Waals surface area contributed by atoms with E-state index in [-0.39, 0.29) is 11.9 Å². The molecule has 0 bridgehead atoms. The Kier molecular flexibility index (Phi) is 4.39. The second-order valence-electron chi connectivity index (χ2n) is 5.63. The third kappa shape index (κ3) is 3.17. The number of nitrogens with one attached hydrogen (secondary N) is 1. The molecule has 5 nitrogen and oxygen atoms in total. The smallest absolute Gasteiger partial charge is 0.322 e. The van der Waals surface area contributed by atoms with Crippen LogP contribution >= 0.6 is 0 Å². The maximum atomic E-state index is 12.4. The van der Waals surface area contributed by atoms with Gasteiger partial charge in [0.05, 0.1) is 6.67 Å². The molecule has 0 aromatic heterocycles. The summed E-state index contributed by atoms with van der Waals surface area (Å²) in [5.41, 5.74) is 0.819. The molecule has 0 radical (unpaired) electrons. The number of rotatable bonds is 5. The highest BCUT2D eigenvalue weighted by atomic mass is 16.2. The summed E-state index contributed by atoms with van der Waals surface area (Å²) >= 11 is 0.